The smallest absolute Gasteiger partial charge is 0.144 e. The normalized spacial score (nSPS) is 14.6. The molecule has 0 amide bonds. The molecule has 0 heterocycles. The molecule has 0 rings (SSSR count). The summed E-state index contributed by atoms with van der Waals surface area (Å²) in [6.45, 7) is 10.0. The van der Waals surface area contributed by atoms with Gasteiger partial charge in [-0.3, -0.25) is 0 Å². The van der Waals surface area contributed by atoms with Crippen molar-refractivity contribution >= 4 is 5.84 Å². The van der Waals surface area contributed by atoms with E-state index in [4.69, 9.17) is 15.7 Å². The second kappa shape index (κ2) is 10.1. The van der Waals surface area contributed by atoms with Gasteiger partial charge in [0.05, 0.1) is 0 Å². The summed E-state index contributed by atoms with van der Waals surface area (Å²) >= 11 is 0. The average Bonchev–Trinajstić information content (AvgIpc) is 2.40. The summed E-state index contributed by atoms with van der Waals surface area (Å²) in [6.07, 6.45) is 6.81. The second-order valence-electron chi connectivity index (χ2n) is 5.96. The molecule has 0 aromatic rings. The molecule has 0 aliphatic carbocycles. The third kappa shape index (κ3) is 8.09. The molecule has 19 heavy (non-hydrogen) atoms. The Hall–Kier alpha value is -0.770. The Morgan fingerprint density at radius 3 is 2.53 bits per heavy atom. The van der Waals surface area contributed by atoms with E-state index < -0.39 is 0 Å². The van der Waals surface area contributed by atoms with Crippen LogP contribution in [0.5, 0.6) is 0 Å². The summed E-state index contributed by atoms with van der Waals surface area (Å²) in [5.74, 6) is 0.985. The highest BCUT2D eigenvalue weighted by Crippen LogP contribution is 2.22. The Morgan fingerprint density at radius 1 is 1.32 bits per heavy atom. The number of hydrogen-bond donors (Lipinski definition) is 2. The molecule has 0 spiro atoms. The van der Waals surface area contributed by atoms with Crippen LogP contribution in [0.3, 0.4) is 0 Å². The third-order valence-corrected chi connectivity index (χ3v) is 3.79. The largest absolute Gasteiger partial charge is 0.409 e. The molecule has 1 unspecified atom stereocenters. The topological polar surface area (TPSA) is 67.8 Å². The standard InChI is InChI=1S/C15H32N2O2/c1-5-7-9-13(6-2)12-19-11-8-10-15(3,4)14(16)17-18/h13,18H,5-12H2,1-4H3,(H2,16,17). The minimum absolute atomic E-state index is 0.259. The van der Waals surface area contributed by atoms with E-state index >= 15 is 0 Å². The quantitative estimate of drug-likeness (QED) is 0.198. The van der Waals surface area contributed by atoms with Gasteiger partial charge in [0.1, 0.15) is 5.84 Å². The van der Waals surface area contributed by atoms with Gasteiger partial charge in [0, 0.05) is 18.6 Å². The van der Waals surface area contributed by atoms with Gasteiger partial charge >= 0.3 is 0 Å². The summed E-state index contributed by atoms with van der Waals surface area (Å²) in [6, 6.07) is 0. The molecular weight excluding hydrogens is 240 g/mol. The van der Waals surface area contributed by atoms with Gasteiger partial charge < -0.3 is 15.7 Å². The van der Waals surface area contributed by atoms with Gasteiger partial charge in [-0.2, -0.15) is 0 Å². The van der Waals surface area contributed by atoms with Crippen molar-refractivity contribution < 1.29 is 9.94 Å². The molecule has 0 saturated carbocycles. The number of rotatable bonds is 11. The minimum Gasteiger partial charge on any atom is -0.409 e. The average molecular weight is 272 g/mol. The molecule has 0 aliphatic rings. The summed E-state index contributed by atoms with van der Waals surface area (Å²) < 4.78 is 5.75. The number of amidine groups is 1. The predicted octanol–water partition coefficient (Wildman–Crippen LogP) is 3.77. The lowest BCUT2D eigenvalue weighted by Crippen LogP contribution is -2.32. The Labute approximate surface area is 118 Å². The molecule has 114 valence electrons. The van der Waals surface area contributed by atoms with Crippen molar-refractivity contribution in [2.75, 3.05) is 13.2 Å². The first-order valence-corrected chi connectivity index (χ1v) is 7.53. The van der Waals surface area contributed by atoms with E-state index in [9.17, 15) is 0 Å². The summed E-state index contributed by atoms with van der Waals surface area (Å²) in [4.78, 5) is 0. The molecule has 0 aliphatic heterocycles. The van der Waals surface area contributed by atoms with Gasteiger partial charge in [-0.05, 0) is 25.2 Å². The first-order valence-electron chi connectivity index (χ1n) is 7.53. The number of nitrogens with zero attached hydrogens (tertiary/aromatic N) is 1. The fourth-order valence-electron chi connectivity index (χ4n) is 2.03. The number of unbranched alkanes of at least 4 members (excludes halogenated alkanes) is 1. The molecule has 0 fully saturated rings. The molecule has 4 nitrogen and oxygen atoms in total. The molecular formula is C15H32N2O2. The molecule has 0 radical (unpaired) electrons. The van der Waals surface area contributed by atoms with Crippen LogP contribution in [-0.2, 0) is 4.74 Å². The first kappa shape index (κ1) is 18.2. The van der Waals surface area contributed by atoms with Crippen LogP contribution in [0, 0.1) is 11.3 Å². The van der Waals surface area contributed by atoms with Crippen molar-refractivity contribution in [3.63, 3.8) is 0 Å². The maximum absolute atomic E-state index is 8.69. The van der Waals surface area contributed by atoms with E-state index in [-0.39, 0.29) is 5.41 Å². The third-order valence-electron chi connectivity index (χ3n) is 3.79. The first-order chi connectivity index (χ1) is 8.97. The minimum atomic E-state index is -0.259. The Morgan fingerprint density at radius 2 is 2.00 bits per heavy atom. The highest BCUT2D eigenvalue weighted by Gasteiger charge is 2.22. The van der Waals surface area contributed by atoms with Gasteiger partial charge in [0.25, 0.3) is 0 Å². The van der Waals surface area contributed by atoms with E-state index in [2.05, 4.69) is 19.0 Å². The molecule has 3 N–H and O–H groups in total. The summed E-state index contributed by atoms with van der Waals surface area (Å²) in [5, 5.41) is 11.8. The Bertz CT molecular complexity index is 253. The van der Waals surface area contributed by atoms with Crippen LogP contribution in [0.2, 0.25) is 0 Å². The molecule has 0 aromatic carbocycles. The molecule has 0 saturated heterocycles. The van der Waals surface area contributed by atoms with Gasteiger partial charge in [-0.1, -0.05) is 52.1 Å². The van der Waals surface area contributed by atoms with E-state index in [1.54, 1.807) is 0 Å². The Balaban J connectivity index is 3.74. The highest BCUT2D eigenvalue weighted by molar-refractivity contribution is 5.85. The maximum Gasteiger partial charge on any atom is 0.144 e. The molecule has 1 atom stereocenters. The van der Waals surface area contributed by atoms with Crippen LogP contribution >= 0.6 is 0 Å². The molecule has 0 aromatic heterocycles. The van der Waals surface area contributed by atoms with Gasteiger partial charge in [-0.25, -0.2) is 0 Å². The monoisotopic (exact) mass is 272 g/mol. The van der Waals surface area contributed by atoms with E-state index in [0.29, 0.717) is 11.8 Å². The summed E-state index contributed by atoms with van der Waals surface area (Å²) in [5.41, 5.74) is 5.39. The predicted molar refractivity (Wildman–Crippen MR) is 80.5 cm³/mol. The molecule has 0 bridgehead atoms. The highest BCUT2D eigenvalue weighted by atomic mass is 16.5. The zero-order valence-corrected chi connectivity index (χ0v) is 13.1. The zero-order chi connectivity index (χ0) is 14.7. The van der Waals surface area contributed by atoms with Crippen molar-refractivity contribution in [3.05, 3.63) is 0 Å². The Kier molecular flexibility index (Phi) is 9.66. The van der Waals surface area contributed by atoms with Gasteiger partial charge in [0.15, 0.2) is 0 Å². The fourth-order valence-corrected chi connectivity index (χ4v) is 2.03. The van der Waals surface area contributed by atoms with Gasteiger partial charge in [0.2, 0.25) is 0 Å². The van der Waals surface area contributed by atoms with E-state index in [1.165, 1.54) is 25.7 Å². The number of nitrogens with two attached hydrogens (primary N) is 1. The van der Waals surface area contributed by atoms with Crippen LogP contribution in [-0.4, -0.2) is 24.3 Å². The number of hydrogen-bond acceptors (Lipinski definition) is 3. The van der Waals surface area contributed by atoms with Crippen molar-refractivity contribution in [3.8, 4) is 0 Å². The van der Waals surface area contributed by atoms with Crippen molar-refractivity contribution in [2.24, 2.45) is 22.2 Å². The van der Waals surface area contributed by atoms with Crippen molar-refractivity contribution in [1.29, 1.82) is 0 Å². The maximum atomic E-state index is 8.69. The van der Waals surface area contributed by atoms with Gasteiger partial charge in [-0.15, -0.1) is 0 Å². The van der Waals surface area contributed by atoms with Crippen molar-refractivity contribution in [1.82, 2.24) is 0 Å². The van der Waals surface area contributed by atoms with Crippen LogP contribution in [0.25, 0.3) is 0 Å². The lowest BCUT2D eigenvalue weighted by molar-refractivity contribution is 0.0878. The zero-order valence-electron chi connectivity index (χ0n) is 13.1. The van der Waals surface area contributed by atoms with Crippen molar-refractivity contribution in [2.45, 2.75) is 66.2 Å². The van der Waals surface area contributed by atoms with Crippen LogP contribution < -0.4 is 5.73 Å². The SMILES string of the molecule is CCCCC(CC)COCCCC(C)(C)C(N)=NO. The van der Waals surface area contributed by atoms with E-state index in [1.807, 2.05) is 13.8 Å². The number of ether oxygens (including phenoxy) is 1. The molecule has 4 heteroatoms. The van der Waals surface area contributed by atoms with E-state index in [0.717, 1.165) is 26.1 Å². The van der Waals surface area contributed by atoms with Crippen LogP contribution in [0.4, 0.5) is 0 Å². The van der Waals surface area contributed by atoms with Crippen LogP contribution in [0.1, 0.15) is 66.2 Å². The number of oxime groups is 1. The second-order valence-corrected chi connectivity index (χ2v) is 5.96. The lowest BCUT2D eigenvalue weighted by atomic mass is 9.87. The fraction of sp³-hybridized carbons (Fsp3) is 0.933. The summed E-state index contributed by atoms with van der Waals surface area (Å²) in [7, 11) is 0. The lowest BCUT2D eigenvalue weighted by Gasteiger charge is -2.22. The van der Waals surface area contributed by atoms with Crippen LogP contribution in [0.15, 0.2) is 5.16 Å².